The number of thiocarbonyl (C=S) groups is 1. The van der Waals surface area contributed by atoms with Crippen LogP contribution in [0.1, 0.15) is 30.9 Å². The third kappa shape index (κ3) is 5.69. The van der Waals surface area contributed by atoms with Gasteiger partial charge < -0.3 is 19.8 Å². The Balaban J connectivity index is 1.25. The summed E-state index contributed by atoms with van der Waals surface area (Å²) >= 11 is 5.35. The van der Waals surface area contributed by atoms with Gasteiger partial charge in [-0.3, -0.25) is 0 Å². The van der Waals surface area contributed by atoms with Crippen LogP contribution in [-0.2, 0) is 13.0 Å². The van der Waals surface area contributed by atoms with E-state index in [1.165, 1.54) is 11.1 Å². The van der Waals surface area contributed by atoms with Gasteiger partial charge in [-0.2, -0.15) is 0 Å². The quantitative estimate of drug-likeness (QED) is 0.271. The molecule has 0 unspecified atom stereocenters. The lowest BCUT2D eigenvalue weighted by Gasteiger charge is -2.17. The van der Waals surface area contributed by atoms with E-state index in [0.29, 0.717) is 11.0 Å². The summed E-state index contributed by atoms with van der Waals surface area (Å²) in [5, 5.41) is 7.09. The van der Waals surface area contributed by atoms with Gasteiger partial charge in [0.1, 0.15) is 5.75 Å². The fourth-order valence-electron chi connectivity index (χ4n) is 4.13. The number of nitrogens with zero attached hydrogens (tertiary/aromatic N) is 2. The van der Waals surface area contributed by atoms with Crippen LogP contribution >= 0.6 is 12.2 Å². The molecule has 6 nitrogen and oxygen atoms in total. The number of hydrogen-bond donors (Lipinski definition) is 2. The van der Waals surface area contributed by atoms with Crippen LogP contribution in [-0.4, -0.2) is 23.2 Å². The first-order valence-corrected chi connectivity index (χ1v) is 12.4. The first kappa shape index (κ1) is 23.1. The van der Waals surface area contributed by atoms with E-state index in [-0.39, 0.29) is 0 Å². The van der Waals surface area contributed by atoms with Gasteiger partial charge >= 0.3 is 0 Å². The number of rotatable bonds is 7. The van der Waals surface area contributed by atoms with Gasteiger partial charge in [0.15, 0.2) is 29.8 Å². The van der Waals surface area contributed by atoms with Crippen LogP contribution in [0.4, 0.5) is 5.69 Å². The summed E-state index contributed by atoms with van der Waals surface area (Å²) in [6, 6.07) is 18.5. The van der Waals surface area contributed by atoms with Crippen LogP contribution in [0.3, 0.4) is 0 Å². The van der Waals surface area contributed by atoms with Crippen molar-refractivity contribution in [2.75, 3.05) is 18.5 Å². The first-order chi connectivity index (χ1) is 17.2. The lowest BCUT2D eigenvalue weighted by molar-refractivity contribution is -0.688. The zero-order valence-corrected chi connectivity index (χ0v) is 20.6. The van der Waals surface area contributed by atoms with Crippen LogP contribution < -0.4 is 19.9 Å². The average Bonchev–Trinajstić information content (AvgIpc) is 3.38. The molecule has 2 N–H and O–H groups in total. The highest BCUT2D eigenvalue weighted by Gasteiger charge is 2.15. The minimum atomic E-state index is 0.626. The molecule has 35 heavy (non-hydrogen) atoms. The molecule has 0 spiro atoms. The van der Waals surface area contributed by atoms with E-state index in [1.54, 1.807) is 6.20 Å². The van der Waals surface area contributed by atoms with Crippen LogP contribution in [0.25, 0.3) is 22.8 Å². The molecule has 1 aliphatic rings. The predicted molar refractivity (Wildman–Crippen MR) is 141 cm³/mol. The second-order valence-corrected chi connectivity index (χ2v) is 9.05. The molecule has 0 bridgehead atoms. The fraction of sp³-hybridized carbons (Fsp3) is 0.250. The van der Waals surface area contributed by atoms with Crippen molar-refractivity contribution in [1.29, 1.82) is 0 Å². The largest absolute Gasteiger partial charge is 0.493 e. The van der Waals surface area contributed by atoms with Gasteiger partial charge in [-0.1, -0.05) is 19.1 Å². The summed E-state index contributed by atoms with van der Waals surface area (Å²) in [5.74, 6) is 2.35. The molecule has 0 saturated heterocycles. The predicted octanol–water partition coefficient (Wildman–Crippen LogP) is 5.37. The van der Waals surface area contributed by atoms with E-state index in [2.05, 4.69) is 69.8 Å². The fourth-order valence-corrected chi connectivity index (χ4v) is 4.35. The van der Waals surface area contributed by atoms with Gasteiger partial charge in [-0.25, -0.2) is 9.55 Å². The number of pyridine rings is 1. The van der Waals surface area contributed by atoms with Crippen molar-refractivity contribution < 1.29 is 13.7 Å². The van der Waals surface area contributed by atoms with Gasteiger partial charge in [-0.15, -0.1) is 0 Å². The number of benzene rings is 2. The summed E-state index contributed by atoms with van der Waals surface area (Å²) in [5.41, 5.74) is 5.35. The minimum absolute atomic E-state index is 0.626. The van der Waals surface area contributed by atoms with Crippen LogP contribution in [0.15, 0.2) is 77.6 Å². The van der Waals surface area contributed by atoms with Crippen molar-refractivity contribution >= 4 is 23.0 Å². The van der Waals surface area contributed by atoms with Gasteiger partial charge in [0.2, 0.25) is 5.89 Å². The van der Waals surface area contributed by atoms with Crippen molar-refractivity contribution in [1.82, 2.24) is 10.3 Å². The summed E-state index contributed by atoms with van der Waals surface area (Å²) in [4.78, 5) is 4.52. The van der Waals surface area contributed by atoms with E-state index in [9.17, 15) is 0 Å². The molecule has 0 saturated carbocycles. The number of anilines is 1. The molecular weight excluding hydrogens is 456 g/mol. The first-order valence-electron chi connectivity index (χ1n) is 12.0. The monoisotopic (exact) mass is 485 g/mol. The minimum Gasteiger partial charge on any atom is -0.493 e. The molecule has 4 aromatic rings. The van der Waals surface area contributed by atoms with Crippen molar-refractivity contribution in [3.8, 4) is 28.5 Å². The molecule has 7 heteroatoms. The van der Waals surface area contributed by atoms with E-state index in [4.69, 9.17) is 21.4 Å². The highest BCUT2D eigenvalue weighted by atomic mass is 32.1. The van der Waals surface area contributed by atoms with E-state index < -0.39 is 0 Å². The van der Waals surface area contributed by atoms with Crippen LogP contribution in [0.2, 0.25) is 0 Å². The average molecular weight is 486 g/mol. The smallest absolute Gasteiger partial charge is 0.226 e. The van der Waals surface area contributed by atoms with Crippen LogP contribution in [0, 0.1) is 0 Å². The third-order valence-electron chi connectivity index (χ3n) is 5.92. The SMILES string of the molecule is CCCNC(=S)Nc1cccc(C[n+]2ccc(-c3cnc(-c4ccc5c(c4)CCCO5)o3)cc2)c1. The van der Waals surface area contributed by atoms with E-state index >= 15 is 0 Å². The van der Waals surface area contributed by atoms with Crippen molar-refractivity contribution in [3.05, 3.63) is 84.3 Å². The Labute approximate surface area is 211 Å². The third-order valence-corrected chi connectivity index (χ3v) is 6.17. The molecular formula is C28H29N4O2S+. The number of aryl methyl sites for hydroxylation is 1. The molecule has 3 heterocycles. The van der Waals surface area contributed by atoms with Crippen molar-refractivity contribution in [3.63, 3.8) is 0 Å². The zero-order valence-electron chi connectivity index (χ0n) is 19.8. The lowest BCUT2D eigenvalue weighted by atomic mass is 10.0. The normalized spacial score (nSPS) is 12.5. The Morgan fingerprint density at radius 3 is 2.83 bits per heavy atom. The van der Waals surface area contributed by atoms with Gasteiger partial charge in [0.05, 0.1) is 12.8 Å². The van der Waals surface area contributed by atoms with Gasteiger partial charge in [0, 0.05) is 41.1 Å². The maximum Gasteiger partial charge on any atom is 0.226 e. The molecule has 0 radical (unpaired) electrons. The summed E-state index contributed by atoms with van der Waals surface area (Å²) < 4.78 is 13.9. The lowest BCUT2D eigenvalue weighted by Crippen LogP contribution is -2.33. The number of fused-ring (bicyclic) bond motifs is 1. The molecule has 2 aromatic heterocycles. The molecule has 0 amide bonds. The maximum absolute atomic E-state index is 6.10. The van der Waals surface area contributed by atoms with Crippen LogP contribution in [0.5, 0.6) is 5.75 Å². The summed E-state index contributed by atoms with van der Waals surface area (Å²) in [6.07, 6.45) is 9.00. The maximum atomic E-state index is 6.10. The molecule has 1 aliphatic heterocycles. The summed E-state index contributed by atoms with van der Waals surface area (Å²) in [6.45, 7) is 4.52. The number of ether oxygens (including phenoxy) is 1. The van der Waals surface area contributed by atoms with E-state index in [1.807, 2.05) is 24.3 Å². The standard InChI is InChI=1S/C28H28N4O2S/c1-2-12-29-28(35)31-24-7-3-5-20(16-24)19-32-13-10-21(11-14-32)26-18-30-27(34-26)23-8-9-25-22(17-23)6-4-15-33-25/h3,5,7-11,13-14,16-18H,2,4,6,12,15,19H2,1H3,(H-,29,31,35)/p+1. The van der Waals surface area contributed by atoms with Gasteiger partial charge in [0.25, 0.3) is 0 Å². The molecule has 5 rings (SSSR count). The van der Waals surface area contributed by atoms with Gasteiger partial charge in [-0.05, 0) is 67.4 Å². The highest BCUT2D eigenvalue weighted by molar-refractivity contribution is 7.80. The highest BCUT2D eigenvalue weighted by Crippen LogP contribution is 2.31. The number of nitrogens with one attached hydrogen (secondary N) is 2. The number of hydrogen-bond acceptors (Lipinski definition) is 4. The molecule has 0 aliphatic carbocycles. The summed E-state index contributed by atoms with van der Waals surface area (Å²) in [7, 11) is 0. The Morgan fingerprint density at radius 2 is 1.97 bits per heavy atom. The zero-order chi connectivity index (χ0) is 24.0. The topological polar surface area (TPSA) is 63.2 Å². The van der Waals surface area contributed by atoms with Crippen molar-refractivity contribution in [2.24, 2.45) is 0 Å². The van der Waals surface area contributed by atoms with Crippen molar-refractivity contribution in [2.45, 2.75) is 32.7 Å². The second-order valence-electron chi connectivity index (χ2n) is 8.64. The Hall–Kier alpha value is -3.71. The Kier molecular flexibility index (Phi) is 7.04. The molecule has 178 valence electrons. The Morgan fingerprint density at radius 1 is 1.09 bits per heavy atom. The molecule has 2 aromatic carbocycles. The molecule has 0 atom stereocenters. The number of oxazole rings is 1. The second kappa shape index (κ2) is 10.7. The Bertz CT molecular complexity index is 1320. The molecule has 0 fully saturated rings. The van der Waals surface area contributed by atoms with E-state index in [0.717, 1.165) is 67.3 Å². The number of aromatic nitrogens is 2.